The third kappa shape index (κ3) is 41.9. The van der Waals surface area contributed by atoms with E-state index in [2.05, 4.69) is 27.7 Å². The van der Waals surface area contributed by atoms with E-state index >= 15 is 0 Å². The van der Waals surface area contributed by atoms with Crippen molar-refractivity contribution in [2.45, 2.75) is 278 Å². The van der Waals surface area contributed by atoms with E-state index < -0.39 is 6.10 Å². The molecule has 2 atom stereocenters. The Bertz CT molecular complexity index is 828. The Balaban J connectivity index is 4.14. The molecule has 0 aromatic carbocycles. The van der Waals surface area contributed by atoms with Gasteiger partial charge in [-0.25, -0.2) is 0 Å². The summed E-state index contributed by atoms with van der Waals surface area (Å²) < 4.78 is 16.7. The van der Waals surface area contributed by atoms with Gasteiger partial charge >= 0.3 is 17.9 Å². The summed E-state index contributed by atoms with van der Waals surface area (Å²) in [4.78, 5) is 37.6. The van der Waals surface area contributed by atoms with Crippen LogP contribution in [0.15, 0.2) is 0 Å². The van der Waals surface area contributed by atoms with Crippen molar-refractivity contribution in [3.63, 3.8) is 0 Å². The molecule has 0 N–H and O–H groups in total. The monoisotopic (exact) mass is 779 g/mol. The van der Waals surface area contributed by atoms with Crippen molar-refractivity contribution in [2.75, 3.05) is 13.2 Å². The lowest BCUT2D eigenvalue weighted by Gasteiger charge is -2.18. The van der Waals surface area contributed by atoms with Crippen LogP contribution in [0.5, 0.6) is 0 Å². The number of unbranched alkanes of at least 4 members (excludes halogenated alkanes) is 30. The Labute approximate surface area is 342 Å². The minimum Gasteiger partial charge on any atom is -0.462 e. The summed E-state index contributed by atoms with van der Waals surface area (Å²) >= 11 is 0. The van der Waals surface area contributed by atoms with Gasteiger partial charge in [-0.15, -0.1) is 0 Å². The Morgan fingerprint density at radius 3 is 0.945 bits per heavy atom. The summed E-state index contributed by atoms with van der Waals surface area (Å²) in [5.74, 6) is 0.00572. The fourth-order valence-corrected chi connectivity index (χ4v) is 7.30. The second kappa shape index (κ2) is 43.5. The van der Waals surface area contributed by atoms with E-state index in [1.165, 1.54) is 161 Å². The molecule has 0 aromatic rings. The molecule has 0 fully saturated rings. The van der Waals surface area contributed by atoms with E-state index in [9.17, 15) is 14.4 Å². The fourth-order valence-electron chi connectivity index (χ4n) is 7.30. The van der Waals surface area contributed by atoms with Crippen LogP contribution in [0.2, 0.25) is 0 Å². The average molecular weight is 779 g/mol. The van der Waals surface area contributed by atoms with Crippen LogP contribution in [0.25, 0.3) is 0 Å². The molecular weight excluding hydrogens is 685 g/mol. The quantitative estimate of drug-likeness (QED) is 0.0348. The number of ether oxygens (including phenoxy) is 3. The Morgan fingerprint density at radius 2 is 0.636 bits per heavy atom. The highest BCUT2D eigenvalue weighted by atomic mass is 16.6. The van der Waals surface area contributed by atoms with Gasteiger partial charge in [-0.05, 0) is 25.2 Å². The molecule has 0 aliphatic heterocycles. The summed E-state index contributed by atoms with van der Waals surface area (Å²) in [5, 5.41) is 0. The topological polar surface area (TPSA) is 78.9 Å². The van der Waals surface area contributed by atoms with Crippen LogP contribution < -0.4 is 0 Å². The van der Waals surface area contributed by atoms with Gasteiger partial charge in [0.25, 0.3) is 0 Å². The molecule has 0 aromatic heterocycles. The van der Waals surface area contributed by atoms with Crippen molar-refractivity contribution in [3.8, 4) is 0 Å². The molecule has 0 spiro atoms. The largest absolute Gasteiger partial charge is 0.462 e. The molecule has 55 heavy (non-hydrogen) atoms. The van der Waals surface area contributed by atoms with Crippen LogP contribution in [0.1, 0.15) is 272 Å². The third-order valence-electron chi connectivity index (χ3n) is 11.4. The standard InChI is InChI=1S/C49H94O6/c1-5-8-10-12-13-14-15-16-17-18-19-20-21-22-27-30-34-38-42-49(52)55-46(43-53-47(50)40-36-31-11-9-6-2)44-54-48(51)41-37-33-29-26-24-23-25-28-32-35-39-45(4)7-3/h45-46H,5-44H2,1-4H3/t45?,46-/m0/s1. The van der Waals surface area contributed by atoms with Gasteiger partial charge in [0.2, 0.25) is 0 Å². The van der Waals surface area contributed by atoms with Gasteiger partial charge in [0.05, 0.1) is 0 Å². The van der Waals surface area contributed by atoms with Crippen molar-refractivity contribution in [2.24, 2.45) is 5.92 Å². The summed E-state index contributed by atoms with van der Waals surface area (Å²) in [6.07, 6.45) is 44.0. The van der Waals surface area contributed by atoms with Crippen molar-refractivity contribution in [1.29, 1.82) is 0 Å². The number of hydrogen-bond donors (Lipinski definition) is 0. The zero-order valence-electron chi connectivity index (χ0n) is 37.4. The van der Waals surface area contributed by atoms with Gasteiger partial charge in [0.15, 0.2) is 6.10 Å². The fraction of sp³-hybridized carbons (Fsp3) is 0.939. The maximum atomic E-state index is 12.7. The summed E-state index contributed by atoms with van der Waals surface area (Å²) in [6.45, 7) is 8.96. The van der Waals surface area contributed by atoms with Gasteiger partial charge in [-0.3, -0.25) is 14.4 Å². The van der Waals surface area contributed by atoms with Gasteiger partial charge in [0.1, 0.15) is 13.2 Å². The highest BCUT2D eigenvalue weighted by Gasteiger charge is 2.19. The molecule has 0 aliphatic rings. The third-order valence-corrected chi connectivity index (χ3v) is 11.4. The molecule has 0 aliphatic carbocycles. The van der Waals surface area contributed by atoms with Crippen molar-refractivity contribution >= 4 is 17.9 Å². The van der Waals surface area contributed by atoms with Crippen LogP contribution in [-0.2, 0) is 28.6 Å². The Kier molecular flexibility index (Phi) is 42.3. The number of rotatable bonds is 44. The molecule has 1 unspecified atom stereocenters. The van der Waals surface area contributed by atoms with E-state index in [0.29, 0.717) is 19.3 Å². The summed E-state index contributed by atoms with van der Waals surface area (Å²) in [6, 6.07) is 0. The highest BCUT2D eigenvalue weighted by molar-refractivity contribution is 5.71. The lowest BCUT2D eigenvalue weighted by atomic mass is 9.99. The molecule has 0 bridgehead atoms. The minimum atomic E-state index is -0.758. The first-order valence-electron chi connectivity index (χ1n) is 24.4. The molecule has 0 amide bonds. The van der Waals surface area contributed by atoms with E-state index in [1.54, 1.807) is 0 Å². The predicted molar refractivity (Wildman–Crippen MR) is 233 cm³/mol. The van der Waals surface area contributed by atoms with Gasteiger partial charge in [0, 0.05) is 19.3 Å². The first kappa shape index (κ1) is 53.4. The summed E-state index contributed by atoms with van der Waals surface area (Å²) in [5.41, 5.74) is 0. The van der Waals surface area contributed by atoms with Gasteiger partial charge < -0.3 is 14.2 Å². The molecule has 6 heteroatoms. The number of hydrogen-bond acceptors (Lipinski definition) is 6. The zero-order valence-corrected chi connectivity index (χ0v) is 37.4. The molecule has 0 saturated carbocycles. The lowest BCUT2D eigenvalue weighted by molar-refractivity contribution is -0.167. The average Bonchev–Trinajstić information content (AvgIpc) is 3.18. The SMILES string of the molecule is CCCCCCCCCCCCCCCCCCCCC(=O)O[C@@H](COC(=O)CCCCCCC)COC(=O)CCCCCCCCCCCCC(C)CC. The highest BCUT2D eigenvalue weighted by Crippen LogP contribution is 2.17. The summed E-state index contributed by atoms with van der Waals surface area (Å²) in [7, 11) is 0. The normalized spacial score (nSPS) is 12.4. The van der Waals surface area contributed by atoms with Crippen molar-refractivity contribution < 1.29 is 28.6 Å². The van der Waals surface area contributed by atoms with Crippen molar-refractivity contribution in [3.05, 3.63) is 0 Å². The van der Waals surface area contributed by atoms with E-state index in [0.717, 1.165) is 70.1 Å². The van der Waals surface area contributed by atoms with Gasteiger partial charge in [-0.1, -0.05) is 233 Å². The van der Waals surface area contributed by atoms with E-state index in [1.807, 2.05) is 0 Å². The molecular formula is C49H94O6. The first-order chi connectivity index (χ1) is 26.9. The maximum Gasteiger partial charge on any atom is 0.306 e. The van der Waals surface area contributed by atoms with Crippen molar-refractivity contribution in [1.82, 2.24) is 0 Å². The first-order valence-corrected chi connectivity index (χ1v) is 24.4. The van der Waals surface area contributed by atoms with E-state index in [-0.39, 0.29) is 31.1 Å². The van der Waals surface area contributed by atoms with Crippen LogP contribution in [0.4, 0.5) is 0 Å². The second-order valence-corrected chi connectivity index (χ2v) is 17.0. The second-order valence-electron chi connectivity index (χ2n) is 17.0. The zero-order chi connectivity index (χ0) is 40.3. The van der Waals surface area contributed by atoms with Crippen LogP contribution >= 0.6 is 0 Å². The van der Waals surface area contributed by atoms with Crippen LogP contribution in [0, 0.1) is 5.92 Å². The Morgan fingerprint density at radius 1 is 0.364 bits per heavy atom. The molecule has 6 nitrogen and oxygen atoms in total. The van der Waals surface area contributed by atoms with Crippen LogP contribution in [0.3, 0.4) is 0 Å². The smallest absolute Gasteiger partial charge is 0.306 e. The molecule has 326 valence electrons. The van der Waals surface area contributed by atoms with Gasteiger partial charge in [-0.2, -0.15) is 0 Å². The molecule has 0 radical (unpaired) electrons. The Hall–Kier alpha value is -1.59. The number of esters is 3. The molecule has 0 heterocycles. The molecule has 0 saturated heterocycles. The minimum absolute atomic E-state index is 0.0646. The lowest BCUT2D eigenvalue weighted by Crippen LogP contribution is -2.30. The van der Waals surface area contributed by atoms with Crippen LogP contribution in [-0.4, -0.2) is 37.2 Å². The molecule has 0 rings (SSSR count). The number of carbonyl (C=O) groups excluding carboxylic acids is 3. The maximum absolute atomic E-state index is 12.7. The van der Waals surface area contributed by atoms with E-state index in [4.69, 9.17) is 14.2 Å². The number of carbonyl (C=O) groups is 3. The predicted octanol–water partition coefficient (Wildman–Crippen LogP) is 15.5.